The molecule has 0 aromatic heterocycles. The number of hydrogen-bond donors (Lipinski definition) is 1. The third-order valence-corrected chi connectivity index (χ3v) is 6.90. The maximum atomic E-state index is 11.0. The Morgan fingerprint density at radius 2 is 0.636 bits per heavy atom. The molecule has 0 heterocycles. The molecular formula is C39H61NO15. The Morgan fingerprint density at radius 1 is 0.400 bits per heavy atom. The molecule has 0 aliphatic heterocycles. The third-order valence-electron chi connectivity index (χ3n) is 6.90. The normalized spacial score (nSPS) is 11.1. The van der Waals surface area contributed by atoms with E-state index in [1.165, 1.54) is 6.92 Å². The molecule has 0 unspecified atom stereocenters. The summed E-state index contributed by atoms with van der Waals surface area (Å²) in [5.74, 6) is 1.30. The van der Waals surface area contributed by atoms with Crippen molar-refractivity contribution in [3.8, 4) is 11.5 Å². The highest BCUT2D eigenvalue weighted by Gasteiger charge is 2.00. The van der Waals surface area contributed by atoms with Gasteiger partial charge in [-0.15, -0.1) is 0 Å². The van der Waals surface area contributed by atoms with Crippen molar-refractivity contribution in [2.75, 3.05) is 164 Å². The summed E-state index contributed by atoms with van der Waals surface area (Å²) in [4.78, 5) is 21.7. The van der Waals surface area contributed by atoms with Gasteiger partial charge in [-0.05, 0) is 48.5 Å². The number of anilines is 1. The lowest BCUT2D eigenvalue weighted by Crippen LogP contribution is -2.15. The van der Waals surface area contributed by atoms with Gasteiger partial charge in [0.2, 0.25) is 5.91 Å². The first-order valence-corrected chi connectivity index (χ1v) is 18.7. The molecule has 0 bridgehead atoms. The summed E-state index contributed by atoms with van der Waals surface area (Å²) in [6.07, 6.45) is 0.796. The van der Waals surface area contributed by atoms with Crippen LogP contribution in [0.25, 0.3) is 0 Å². The van der Waals surface area contributed by atoms with Crippen molar-refractivity contribution in [2.45, 2.75) is 6.92 Å². The molecule has 0 atom stereocenters. The van der Waals surface area contributed by atoms with Gasteiger partial charge in [-0.1, -0.05) is 0 Å². The van der Waals surface area contributed by atoms with Crippen LogP contribution in [0.1, 0.15) is 17.3 Å². The van der Waals surface area contributed by atoms with Crippen LogP contribution in [0.5, 0.6) is 11.5 Å². The van der Waals surface area contributed by atoms with Gasteiger partial charge in [-0.2, -0.15) is 0 Å². The second-order valence-electron chi connectivity index (χ2n) is 11.3. The number of aldehydes is 1. The van der Waals surface area contributed by atoms with Crippen LogP contribution >= 0.6 is 0 Å². The first-order valence-electron chi connectivity index (χ1n) is 18.7. The fourth-order valence-corrected chi connectivity index (χ4v) is 4.22. The second-order valence-corrected chi connectivity index (χ2v) is 11.3. The van der Waals surface area contributed by atoms with Crippen molar-refractivity contribution < 1.29 is 71.2 Å². The molecule has 0 radical (unpaired) electrons. The minimum absolute atomic E-state index is 0.111. The number of rotatable bonds is 40. The van der Waals surface area contributed by atoms with E-state index < -0.39 is 0 Å². The topological polar surface area (TPSA) is 166 Å². The molecule has 0 aliphatic rings. The first kappa shape index (κ1) is 47.9. The van der Waals surface area contributed by atoms with Gasteiger partial charge in [0.05, 0.1) is 145 Å². The minimum atomic E-state index is -0.111. The molecular weight excluding hydrogens is 722 g/mol. The molecule has 1 N–H and O–H groups in total. The predicted octanol–water partition coefficient (Wildman–Crippen LogP) is 3.10. The number of nitrogens with one attached hydrogen (secondary N) is 1. The summed E-state index contributed by atoms with van der Waals surface area (Å²) >= 11 is 0. The Bertz CT molecular complexity index is 1160. The SMILES string of the molecule is CC(=O)Nc1ccc(OCCOCCOCCOCCOCCOCCOCCOCCOCCOCCOCCOCCOc2ccc(C=O)cc2)cc1. The van der Waals surface area contributed by atoms with E-state index in [0.29, 0.717) is 176 Å². The van der Waals surface area contributed by atoms with Crippen LogP contribution in [-0.4, -0.2) is 171 Å². The van der Waals surface area contributed by atoms with Crippen LogP contribution in [0.3, 0.4) is 0 Å². The Labute approximate surface area is 325 Å². The molecule has 312 valence electrons. The molecule has 16 heteroatoms. The molecule has 55 heavy (non-hydrogen) atoms. The number of benzene rings is 2. The number of carbonyl (C=O) groups is 2. The lowest BCUT2D eigenvalue weighted by Gasteiger charge is -2.09. The van der Waals surface area contributed by atoms with E-state index in [1.807, 2.05) is 0 Å². The fourth-order valence-electron chi connectivity index (χ4n) is 4.22. The number of amides is 1. The fraction of sp³-hybridized carbons (Fsp3) is 0.641. The first-order chi connectivity index (χ1) is 27.2. The van der Waals surface area contributed by atoms with E-state index in [9.17, 15) is 9.59 Å². The van der Waals surface area contributed by atoms with E-state index in [-0.39, 0.29) is 5.91 Å². The largest absolute Gasteiger partial charge is 0.491 e. The summed E-state index contributed by atoms with van der Waals surface area (Å²) in [6, 6.07) is 14.1. The highest BCUT2D eigenvalue weighted by molar-refractivity contribution is 5.88. The highest BCUT2D eigenvalue weighted by Crippen LogP contribution is 2.15. The lowest BCUT2D eigenvalue weighted by molar-refractivity contribution is -0.114. The van der Waals surface area contributed by atoms with E-state index in [2.05, 4.69) is 5.32 Å². The van der Waals surface area contributed by atoms with Crippen molar-refractivity contribution >= 4 is 17.9 Å². The van der Waals surface area contributed by atoms with Gasteiger partial charge < -0.3 is 66.9 Å². The van der Waals surface area contributed by atoms with Crippen molar-refractivity contribution in [1.29, 1.82) is 0 Å². The van der Waals surface area contributed by atoms with Gasteiger partial charge in [-0.3, -0.25) is 9.59 Å². The number of carbonyl (C=O) groups excluding carboxylic acids is 2. The molecule has 1 amide bonds. The van der Waals surface area contributed by atoms with Crippen LogP contribution in [0, 0.1) is 0 Å². The zero-order valence-corrected chi connectivity index (χ0v) is 32.3. The number of hydrogen-bond acceptors (Lipinski definition) is 15. The van der Waals surface area contributed by atoms with Crippen LogP contribution in [0.15, 0.2) is 48.5 Å². The van der Waals surface area contributed by atoms with Gasteiger partial charge in [-0.25, -0.2) is 0 Å². The second kappa shape index (κ2) is 36.4. The van der Waals surface area contributed by atoms with Crippen LogP contribution in [-0.2, 0) is 56.9 Å². The summed E-state index contributed by atoms with van der Waals surface area (Å²) in [5, 5.41) is 2.71. The van der Waals surface area contributed by atoms with Gasteiger partial charge in [0.25, 0.3) is 0 Å². The third kappa shape index (κ3) is 30.6. The predicted molar refractivity (Wildman–Crippen MR) is 203 cm³/mol. The molecule has 2 aromatic rings. The Balaban J connectivity index is 1.15. The standard InChI is InChI=1S/C39H61NO15/c1-35(42)40-37-4-8-39(9-5-37)55-33-31-53-29-27-51-25-23-49-21-19-47-17-15-45-13-11-43-10-12-44-14-16-46-18-20-48-22-24-50-26-28-52-30-32-54-38-6-2-36(34-41)3-7-38/h2-9,34H,10-33H2,1H3,(H,40,42). The zero-order chi connectivity index (χ0) is 39.1. The molecule has 0 fully saturated rings. The highest BCUT2D eigenvalue weighted by atomic mass is 16.6. The molecule has 2 rings (SSSR count). The van der Waals surface area contributed by atoms with Crippen molar-refractivity contribution in [3.05, 3.63) is 54.1 Å². The molecule has 0 saturated carbocycles. The van der Waals surface area contributed by atoms with Gasteiger partial charge in [0, 0.05) is 18.2 Å². The zero-order valence-electron chi connectivity index (χ0n) is 32.3. The summed E-state index contributed by atoms with van der Waals surface area (Å²) < 4.78 is 71.5. The van der Waals surface area contributed by atoms with Crippen molar-refractivity contribution in [1.82, 2.24) is 0 Å². The van der Waals surface area contributed by atoms with Gasteiger partial charge >= 0.3 is 0 Å². The Morgan fingerprint density at radius 3 is 0.873 bits per heavy atom. The quantitative estimate of drug-likeness (QED) is 0.0774. The van der Waals surface area contributed by atoms with Crippen LogP contribution in [0.2, 0.25) is 0 Å². The maximum absolute atomic E-state index is 11.0. The molecule has 16 nitrogen and oxygen atoms in total. The average Bonchev–Trinajstić information content (AvgIpc) is 3.19. The average molecular weight is 784 g/mol. The number of ether oxygens (including phenoxy) is 13. The van der Waals surface area contributed by atoms with Gasteiger partial charge in [0.15, 0.2) is 0 Å². The van der Waals surface area contributed by atoms with E-state index in [0.717, 1.165) is 12.0 Å². The summed E-state index contributed by atoms with van der Waals surface area (Å²) in [5.41, 5.74) is 1.34. The molecule has 0 saturated heterocycles. The van der Waals surface area contributed by atoms with E-state index >= 15 is 0 Å². The monoisotopic (exact) mass is 783 g/mol. The van der Waals surface area contributed by atoms with Crippen molar-refractivity contribution in [3.63, 3.8) is 0 Å². The van der Waals surface area contributed by atoms with E-state index in [1.54, 1.807) is 48.5 Å². The maximum Gasteiger partial charge on any atom is 0.221 e. The lowest BCUT2D eigenvalue weighted by atomic mass is 10.2. The summed E-state index contributed by atoms with van der Waals surface area (Å²) in [7, 11) is 0. The molecule has 0 aliphatic carbocycles. The van der Waals surface area contributed by atoms with Crippen molar-refractivity contribution in [2.24, 2.45) is 0 Å². The van der Waals surface area contributed by atoms with Crippen LogP contribution in [0.4, 0.5) is 5.69 Å². The Kier molecular flexibility index (Phi) is 31.7. The Hall–Kier alpha value is -3.26. The van der Waals surface area contributed by atoms with E-state index in [4.69, 9.17) is 61.6 Å². The van der Waals surface area contributed by atoms with Crippen LogP contribution < -0.4 is 14.8 Å². The smallest absolute Gasteiger partial charge is 0.221 e. The minimum Gasteiger partial charge on any atom is -0.491 e. The van der Waals surface area contributed by atoms with Gasteiger partial charge in [0.1, 0.15) is 31.0 Å². The molecule has 2 aromatic carbocycles. The summed E-state index contributed by atoms with van der Waals surface area (Å²) in [6.45, 7) is 12.9. The molecule has 0 spiro atoms.